The Bertz CT molecular complexity index is 467. The lowest BCUT2D eigenvalue weighted by Gasteiger charge is -2.16. The molecule has 5 heteroatoms. The first-order valence-electron chi connectivity index (χ1n) is 7.98. The molecule has 0 unspecified atom stereocenters. The molecule has 0 amide bonds. The Morgan fingerprint density at radius 2 is 2.10 bits per heavy atom. The van der Waals surface area contributed by atoms with Crippen LogP contribution in [0.15, 0.2) is 10.4 Å². The van der Waals surface area contributed by atoms with Crippen LogP contribution in [0, 0.1) is 0 Å². The first-order chi connectivity index (χ1) is 9.99. The van der Waals surface area contributed by atoms with E-state index in [2.05, 4.69) is 48.7 Å². The number of hydrogen-bond acceptors (Lipinski definition) is 3. The highest BCUT2D eigenvalue weighted by Gasteiger charge is 2.18. The summed E-state index contributed by atoms with van der Waals surface area (Å²) in [7, 11) is 0. The van der Waals surface area contributed by atoms with E-state index < -0.39 is 0 Å². The van der Waals surface area contributed by atoms with Gasteiger partial charge in [-0.2, -0.15) is 0 Å². The second kappa shape index (κ2) is 7.25. The number of nitrogens with one attached hydrogen (secondary N) is 2. The third-order valence-corrected chi connectivity index (χ3v) is 4.57. The zero-order valence-corrected chi connectivity index (χ0v) is 14.5. The Morgan fingerprint density at radius 1 is 1.38 bits per heavy atom. The van der Waals surface area contributed by atoms with Crippen molar-refractivity contribution in [1.29, 1.82) is 0 Å². The van der Waals surface area contributed by atoms with Crippen molar-refractivity contribution >= 4 is 17.3 Å². The van der Waals surface area contributed by atoms with Crippen LogP contribution in [0.25, 0.3) is 0 Å². The molecule has 1 aromatic rings. The van der Waals surface area contributed by atoms with Crippen molar-refractivity contribution in [3.05, 3.63) is 16.1 Å². The van der Waals surface area contributed by atoms with Crippen LogP contribution in [0.1, 0.15) is 64.1 Å². The second-order valence-corrected chi connectivity index (χ2v) is 7.64. The predicted octanol–water partition coefficient (Wildman–Crippen LogP) is 3.44. The minimum Gasteiger partial charge on any atom is -0.357 e. The molecule has 1 fully saturated rings. The van der Waals surface area contributed by atoms with Gasteiger partial charge in [-0.1, -0.05) is 33.6 Å². The molecule has 1 heterocycles. The van der Waals surface area contributed by atoms with Crippen molar-refractivity contribution in [2.24, 2.45) is 4.99 Å². The van der Waals surface area contributed by atoms with Gasteiger partial charge in [0.25, 0.3) is 0 Å². The lowest BCUT2D eigenvalue weighted by Crippen LogP contribution is -2.42. The summed E-state index contributed by atoms with van der Waals surface area (Å²) in [5, 5.41) is 10.1. The first kappa shape index (κ1) is 16.3. The lowest BCUT2D eigenvalue weighted by atomic mass is 9.93. The molecule has 0 atom stereocenters. The molecule has 1 aliphatic carbocycles. The molecule has 0 radical (unpaired) electrons. The summed E-state index contributed by atoms with van der Waals surface area (Å²) in [6, 6.07) is 0.587. The third-order valence-electron chi connectivity index (χ3n) is 3.73. The van der Waals surface area contributed by atoms with E-state index in [1.165, 1.54) is 25.7 Å². The molecule has 0 saturated heterocycles. The highest BCUT2D eigenvalue weighted by atomic mass is 32.1. The van der Waals surface area contributed by atoms with Crippen LogP contribution < -0.4 is 10.6 Å². The molecular weight excluding hydrogens is 280 g/mol. The van der Waals surface area contributed by atoms with Gasteiger partial charge in [0.2, 0.25) is 0 Å². The van der Waals surface area contributed by atoms with Gasteiger partial charge < -0.3 is 10.6 Å². The number of hydrogen-bond donors (Lipinski definition) is 2. The fourth-order valence-corrected chi connectivity index (χ4v) is 3.40. The monoisotopic (exact) mass is 308 g/mol. The number of nitrogens with zero attached hydrogens (tertiary/aromatic N) is 2. The summed E-state index contributed by atoms with van der Waals surface area (Å²) in [5.74, 6) is 0.928. The number of thiazole rings is 1. The highest BCUT2D eigenvalue weighted by Crippen LogP contribution is 2.24. The Morgan fingerprint density at radius 3 is 2.67 bits per heavy atom. The van der Waals surface area contributed by atoms with Gasteiger partial charge in [0, 0.05) is 23.4 Å². The SMILES string of the molecule is CCNC(=NCc1nc(C(C)(C)C)cs1)NC1CCCC1. The molecule has 4 nitrogen and oxygen atoms in total. The summed E-state index contributed by atoms with van der Waals surface area (Å²) < 4.78 is 0. The predicted molar refractivity (Wildman–Crippen MR) is 91.0 cm³/mol. The molecule has 1 aromatic heterocycles. The van der Waals surface area contributed by atoms with E-state index in [4.69, 9.17) is 4.98 Å². The summed E-state index contributed by atoms with van der Waals surface area (Å²) in [5.41, 5.74) is 1.27. The van der Waals surface area contributed by atoms with Crippen LogP contribution in [0.5, 0.6) is 0 Å². The maximum absolute atomic E-state index is 4.70. The van der Waals surface area contributed by atoms with Gasteiger partial charge in [-0.25, -0.2) is 9.98 Å². The van der Waals surface area contributed by atoms with Crippen molar-refractivity contribution in [3.8, 4) is 0 Å². The molecule has 21 heavy (non-hydrogen) atoms. The van der Waals surface area contributed by atoms with Gasteiger partial charge in [-0.3, -0.25) is 0 Å². The molecule has 0 aromatic carbocycles. The van der Waals surface area contributed by atoms with Crippen molar-refractivity contribution in [2.45, 2.75) is 71.4 Å². The normalized spacial score (nSPS) is 17.2. The van der Waals surface area contributed by atoms with Crippen LogP contribution in [0.3, 0.4) is 0 Å². The largest absolute Gasteiger partial charge is 0.357 e. The maximum Gasteiger partial charge on any atom is 0.191 e. The van der Waals surface area contributed by atoms with E-state index in [1.54, 1.807) is 11.3 Å². The molecule has 1 aliphatic rings. The van der Waals surface area contributed by atoms with E-state index in [0.717, 1.165) is 23.2 Å². The summed E-state index contributed by atoms with van der Waals surface area (Å²) in [6.07, 6.45) is 5.18. The topological polar surface area (TPSA) is 49.3 Å². The van der Waals surface area contributed by atoms with Crippen molar-refractivity contribution in [2.75, 3.05) is 6.54 Å². The van der Waals surface area contributed by atoms with Crippen molar-refractivity contribution in [1.82, 2.24) is 15.6 Å². The van der Waals surface area contributed by atoms with E-state index in [9.17, 15) is 0 Å². The van der Waals surface area contributed by atoms with Crippen LogP contribution in [0.4, 0.5) is 0 Å². The van der Waals surface area contributed by atoms with E-state index in [0.29, 0.717) is 12.6 Å². The van der Waals surface area contributed by atoms with Crippen LogP contribution in [-0.4, -0.2) is 23.5 Å². The quantitative estimate of drug-likeness (QED) is 0.662. The second-order valence-electron chi connectivity index (χ2n) is 6.70. The van der Waals surface area contributed by atoms with E-state index in [-0.39, 0.29) is 5.41 Å². The average molecular weight is 308 g/mol. The van der Waals surface area contributed by atoms with Crippen LogP contribution in [0.2, 0.25) is 0 Å². The lowest BCUT2D eigenvalue weighted by molar-refractivity contribution is 0.571. The molecule has 0 aliphatic heterocycles. The van der Waals surface area contributed by atoms with Gasteiger partial charge in [-0.05, 0) is 19.8 Å². The van der Waals surface area contributed by atoms with Gasteiger partial charge in [-0.15, -0.1) is 11.3 Å². The molecule has 2 rings (SSSR count). The van der Waals surface area contributed by atoms with E-state index >= 15 is 0 Å². The molecule has 2 N–H and O–H groups in total. The van der Waals surface area contributed by atoms with Gasteiger partial charge >= 0.3 is 0 Å². The molecule has 1 saturated carbocycles. The van der Waals surface area contributed by atoms with Gasteiger partial charge in [0.05, 0.1) is 12.2 Å². The molecule has 0 spiro atoms. The summed E-state index contributed by atoms with van der Waals surface area (Å²) in [4.78, 5) is 9.39. The van der Waals surface area contributed by atoms with Crippen LogP contribution in [-0.2, 0) is 12.0 Å². The third kappa shape index (κ3) is 4.99. The average Bonchev–Trinajstić information content (AvgIpc) is 3.06. The molecule has 118 valence electrons. The number of aliphatic imine (C=N–C) groups is 1. The number of aromatic nitrogens is 1. The number of guanidine groups is 1. The first-order valence-corrected chi connectivity index (χ1v) is 8.86. The fraction of sp³-hybridized carbons (Fsp3) is 0.750. The Kier molecular flexibility index (Phi) is 5.62. The summed E-state index contributed by atoms with van der Waals surface area (Å²) >= 11 is 1.71. The standard InChI is InChI=1S/C16H28N4S/c1-5-17-15(19-12-8-6-7-9-12)18-10-14-20-13(11-21-14)16(2,3)4/h11-12H,5-10H2,1-4H3,(H2,17,18,19). The van der Waals surface area contributed by atoms with Gasteiger partial charge in [0.1, 0.15) is 5.01 Å². The molecular formula is C16H28N4S. The Labute approximate surface area is 132 Å². The summed E-state index contributed by atoms with van der Waals surface area (Å²) in [6.45, 7) is 10.2. The fourth-order valence-electron chi connectivity index (χ4n) is 2.46. The maximum atomic E-state index is 4.70. The highest BCUT2D eigenvalue weighted by molar-refractivity contribution is 7.09. The Balaban J connectivity index is 1.96. The zero-order chi connectivity index (χ0) is 15.3. The van der Waals surface area contributed by atoms with E-state index in [1.807, 2.05) is 0 Å². The number of rotatable bonds is 4. The minimum absolute atomic E-state index is 0.116. The van der Waals surface area contributed by atoms with Crippen molar-refractivity contribution < 1.29 is 0 Å². The van der Waals surface area contributed by atoms with Crippen molar-refractivity contribution in [3.63, 3.8) is 0 Å². The smallest absolute Gasteiger partial charge is 0.191 e. The van der Waals surface area contributed by atoms with Crippen LogP contribution >= 0.6 is 11.3 Å². The van der Waals surface area contributed by atoms with Gasteiger partial charge in [0.15, 0.2) is 5.96 Å². The Hall–Kier alpha value is -1.10. The molecule has 0 bridgehead atoms. The minimum atomic E-state index is 0.116. The zero-order valence-electron chi connectivity index (χ0n) is 13.7.